The molecule has 0 aliphatic heterocycles. The van der Waals surface area contributed by atoms with Crippen LogP contribution in [0.25, 0.3) is 0 Å². The number of ether oxygens (including phenoxy) is 2. The predicted molar refractivity (Wildman–Crippen MR) is 63.2 cm³/mol. The van der Waals surface area contributed by atoms with Crippen LogP contribution in [-0.2, 0) is 19.1 Å². The fourth-order valence-electron chi connectivity index (χ4n) is 0.629. The van der Waals surface area contributed by atoms with Gasteiger partial charge < -0.3 is 19.7 Å². The number of hydrogen-bond donors (Lipinski definition) is 2. The molecule has 0 bridgehead atoms. The SMILES string of the molecule is C=C(C)C(=O)O/C(O)=C(/C=C/O)OC(=O)C(=C)C. The summed E-state index contributed by atoms with van der Waals surface area (Å²) in [4.78, 5) is 22.3. The van der Waals surface area contributed by atoms with E-state index in [1.54, 1.807) is 0 Å². The molecule has 0 spiro atoms. The molecule has 0 aromatic rings. The Morgan fingerprint density at radius 3 is 1.89 bits per heavy atom. The number of hydrogen-bond acceptors (Lipinski definition) is 6. The first-order valence-corrected chi connectivity index (χ1v) is 4.79. The van der Waals surface area contributed by atoms with Gasteiger partial charge in [0.05, 0.1) is 6.26 Å². The normalized spacial score (nSPS) is 11.7. The summed E-state index contributed by atoms with van der Waals surface area (Å²) in [6.45, 7) is 9.40. The molecule has 0 aliphatic rings. The second-order valence-corrected chi connectivity index (χ2v) is 3.32. The molecule has 18 heavy (non-hydrogen) atoms. The van der Waals surface area contributed by atoms with Crippen LogP contribution in [0, 0.1) is 0 Å². The van der Waals surface area contributed by atoms with Gasteiger partial charge in [-0.15, -0.1) is 0 Å². The minimum Gasteiger partial charge on any atom is -0.515 e. The van der Waals surface area contributed by atoms with E-state index in [-0.39, 0.29) is 11.1 Å². The molecule has 2 N–H and O–H groups in total. The third-order valence-electron chi connectivity index (χ3n) is 1.53. The molecule has 6 nitrogen and oxygen atoms in total. The Labute approximate surface area is 104 Å². The molecule has 0 saturated heterocycles. The first kappa shape index (κ1) is 15.5. The van der Waals surface area contributed by atoms with Gasteiger partial charge in [-0.05, 0) is 13.8 Å². The van der Waals surface area contributed by atoms with Gasteiger partial charge in [0.25, 0.3) is 0 Å². The van der Waals surface area contributed by atoms with E-state index in [0.29, 0.717) is 6.26 Å². The maximum atomic E-state index is 11.2. The average Bonchev–Trinajstić information content (AvgIpc) is 2.27. The molecule has 0 aliphatic carbocycles. The molecule has 0 aromatic heterocycles. The van der Waals surface area contributed by atoms with Gasteiger partial charge in [0.2, 0.25) is 5.76 Å². The standard InChI is InChI=1S/C12H14O6/c1-7(2)10(14)17-9(5-6-13)12(16)18-11(15)8(3)4/h5-6,13,16H,1,3H2,2,4H3/b6-5+,12-9-. The van der Waals surface area contributed by atoms with Crippen molar-refractivity contribution in [2.24, 2.45) is 0 Å². The van der Waals surface area contributed by atoms with Crippen LogP contribution in [0.3, 0.4) is 0 Å². The van der Waals surface area contributed by atoms with Crippen LogP contribution < -0.4 is 0 Å². The van der Waals surface area contributed by atoms with Crippen LogP contribution in [0.2, 0.25) is 0 Å². The zero-order valence-corrected chi connectivity index (χ0v) is 10.1. The van der Waals surface area contributed by atoms with Gasteiger partial charge >= 0.3 is 17.9 Å². The molecule has 6 heteroatoms. The molecule has 0 saturated carbocycles. The second kappa shape index (κ2) is 6.95. The molecule has 0 radical (unpaired) electrons. The minimum atomic E-state index is -0.970. The molecule has 0 amide bonds. The predicted octanol–water partition coefficient (Wildman–Crippen LogP) is 2.02. The van der Waals surface area contributed by atoms with Crippen molar-refractivity contribution < 1.29 is 29.3 Å². The maximum absolute atomic E-state index is 11.2. The lowest BCUT2D eigenvalue weighted by Gasteiger charge is -2.07. The van der Waals surface area contributed by atoms with Crippen molar-refractivity contribution in [3.8, 4) is 0 Å². The highest BCUT2D eigenvalue weighted by atomic mass is 16.6. The highest BCUT2D eigenvalue weighted by Crippen LogP contribution is 2.11. The third kappa shape index (κ3) is 5.02. The Morgan fingerprint density at radius 1 is 1.06 bits per heavy atom. The Kier molecular flexibility index (Phi) is 5.98. The highest BCUT2D eigenvalue weighted by Gasteiger charge is 2.15. The number of carbonyl (C=O) groups is 2. The maximum Gasteiger partial charge on any atom is 0.340 e. The average molecular weight is 254 g/mol. The van der Waals surface area contributed by atoms with E-state index in [1.807, 2.05) is 0 Å². The quantitative estimate of drug-likeness (QED) is 0.337. The molecule has 0 aromatic carbocycles. The molecular formula is C12H14O6. The number of aliphatic hydroxyl groups excluding tert-OH is 2. The topological polar surface area (TPSA) is 93.1 Å². The van der Waals surface area contributed by atoms with E-state index in [0.717, 1.165) is 6.08 Å². The van der Waals surface area contributed by atoms with Gasteiger partial charge in [-0.3, -0.25) is 0 Å². The summed E-state index contributed by atoms with van der Waals surface area (Å²) in [5.41, 5.74) is 0.109. The van der Waals surface area contributed by atoms with Crippen molar-refractivity contribution in [3.05, 3.63) is 48.3 Å². The minimum absolute atomic E-state index is 0.0418. The fourth-order valence-corrected chi connectivity index (χ4v) is 0.629. The van der Waals surface area contributed by atoms with Crippen LogP contribution in [0.15, 0.2) is 48.3 Å². The monoisotopic (exact) mass is 254 g/mol. The number of rotatable bonds is 5. The molecule has 0 fully saturated rings. The molecule has 0 unspecified atom stereocenters. The van der Waals surface area contributed by atoms with Crippen molar-refractivity contribution in [1.82, 2.24) is 0 Å². The van der Waals surface area contributed by atoms with Gasteiger partial charge in [-0.1, -0.05) is 13.2 Å². The molecular weight excluding hydrogens is 240 g/mol. The zero-order chi connectivity index (χ0) is 14.3. The summed E-state index contributed by atoms with van der Waals surface area (Å²) in [5.74, 6) is -3.24. The van der Waals surface area contributed by atoms with E-state index in [9.17, 15) is 14.7 Å². The highest BCUT2D eigenvalue weighted by molar-refractivity contribution is 5.88. The van der Waals surface area contributed by atoms with Crippen molar-refractivity contribution in [2.45, 2.75) is 13.8 Å². The van der Waals surface area contributed by atoms with Gasteiger partial charge in [0.1, 0.15) is 0 Å². The van der Waals surface area contributed by atoms with Crippen LogP contribution in [-0.4, -0.2) is 22.2 Å². The molecule has 0 heterocycles. The largest absolute Gasteiger partial charge is 0.515 e. The Hall–Kier alpha value is -2.50. The van der Waals surface area contributed by atoms with Crippen molar-refractivity contribution >= 4 is 11.9 Å². The van der Waals surface area contributed by atoms with Crippen molar-refractivity contribution in [3.63, 3.8) is 0 Å². The van der Waals surface area contributed by atoms with Crippen LogP contribution >= 0.6 is 0 Å². The summed E-state index contributed by atoms with van der Waals surface area (Å²) >= 11 is 0. The lowest BCUT2D eigenvalue weighted by Crippen LogP contribution is -2.10. The van der Waals surface area contributed by atoms with Gasteiger partial charge in [-0.25, -0.2) is 9.59 Å². The second-order valence-electron chi connectivity index (χ2n) is 3.32. The first-order valence-electron chi connectivity index (χ1n) is 4.79. The summed E-state index contributed by atoms with van der Waals surface area (Å²) in [7, 11) is 0. The summed E-state index contributed by atoms with van der Waals surface area (Å²) < 4.78 is 9.07. The van der Waals surface area contributed by atoms with Crippen molar-refractivity contribution in [1.29, 1.82) is 0 Å². The lowest BCUT2D eigenvalue weighted by atomic mass is 10.3. The van der Waals surface area contributed by atoms with E-state index in [1.165, 1.54) is 13.8 Å². The molecule has 98 valence electrons. The number of allylic oxidation sites excluding steroid dienone is 1. The van der Waals surface area contributed by atoms with Gasteiger partial charge in [-0.2, -0.15) is 0 Å². The Bertz CT molecular complexity index is 441. The van der Waals surface area contributed by atoms with Crippen molar-refractivity contribution in [2.75, 3.05) is 0 Å². The summed E-state index contributed by atoms with van der Waals surface area (Å²) in [6, 6.07) is 0. The van der Waals surface area contributed by atoms with E-state index >= 15 is 0 Å². The van der Waals surface area contributed by atoms with E-state index in [4.69, 9.17) is 5.11 Å². The number of esters is 2. The van der Waals surface area contributed by atoms with Gasteiger partial charge in [0, 0.05) is 17.2 Å². The fraction of sp³-hybridized carbons (Fsp3) is 0.167. The van der Waals surface area contributed by atoms with E-state index < -0.39 is 23.6 Å². The lowest BCUT2D eigenvalue weighted by molar-refractivity contribution is -0.142. The smallest absolute Gasteiger partial charge is 0.340 e. The van der Waals surface area contributed by atoms with Gasteiger partial charge in [0.15, 0.2) is 0 Å². The number of carbonyl (C=O) groups excluding carboxylic acids is 2. The Morgan fingerprint density at radius 2 is 1.50 bits per heavy atom. The molecule has 0 atom stereocenters. The Balaban J connectivity index is 5.06. The zero-order valence-electron chi connectivity index (χ0n) is 10.1. The van der Waals surface area contributed by atoms with Crippen LogP contribution in [0.5, 0.6) is 0 Å². The first-order chi connectivity index (χ1) is 8.29. The van der Waals surface area contributed by atoms with Crippen LogP contribution in [0.4, 0.5) is 0 Å². The number of aliphatic hydroxyl groups is 2. The summed E-state index contributed by atoms with van der Waals surface area (Å²) in [5, 5.41) is 18.0. The third-order valence-corrected chi connectivity index (χ3v) is 1.53. The summed E-state index contributed by atoms with van der Waals surface area (Å²) in [6.07, 6.45) is 1.34. The van der Waals surface area contributed by atoms with E-state index in [2.05, 4.69) is 22.6 Å². The molecule has 0 rings (SSSR count). The van der Waals surface area contributed by atoms with Crippen LogP contribution in [0.1, 0.15) is 13.8 Å².